The lowest BCUT2D eigenvalue weighted by Crippen LogP contribution is -2.40. The van der Waals surface area contributed by atoms with E-state index in [1.807, 2.05) is 0 Å². The van der Waals surface area contributed by atoms with Crippen LogP contribution in [0.3, 0.4) is 0 Å². The number of nitrogen functional groups attached to an aromatic ring is 1. The van der Waals surface area contributed by atoms with Crippen molar-refractivity contribution < 1.29 is 28.3 Å². The highest BCUT2D eigenvalue weighted by atomic mass is 19.1. The number of amides is 1. The lowest BCUT2D eigenvalue weighted by atomic mass is 9.91. The quantitative estimate of drug-likeness (QED) is 0.316. The summed E-state index contributed by atoms with van der Waals surface area (Å²) in [6, 6.07) is 8.95. The molecule has 0 unspecified atom stereocenters. The molecule has 0 spiro atoms. The first-order valence-electron chi connectivity index (χ1n) is 13.5. The molecule has 3 atom stereocenters. The van der Waals surface area contributed by atoms with Gasteiger partial charge in [-0.2, -0.15) is 0 Å². The second-order valence-electron chi connectivity index (χ2n) is 10.2. The van der Waals surface area contributed by atoms with Gasteiger partial charge >= 0.3 is 5.97 Å². The summed E-state index contributed by atoms with van der Waals surface area (Å²) in [5.74, 6) is -0.0669. The number of ether oxygens (including phenoxy) is 2. The first-order valence-corrected chi connectivity index (χ1v) is 13.5. The molecule has 2 aromatic heterocycles. The van der Waals surface area contributed by atoms with Crippen LogP contribution < -0.4 is 16.0 Å². The van der Waals surface area contributed by atoms with Gasteiger partial charge in [0.1, 0.15) is 11.9 Å². The van der Waals surface area contributed by atoms with Gasteiger partial charge in [-0.05, 0) is 30.7 Å². The molecule has 3 N–H and O–H groups in total. The predicted octanol–water partition coefficient (Wildman–Crippen LogP) is 2.69. The Morgan fingerprint density at radius 2 is 1.98 bits per heavy atom. The highest BCUT2D eigenvalue weighted by molar-refractivity contribution is 6.01. The molecule has 0 radical (unpaired) electrons. The molecule has 13 heteroatoms. The van der Waals surface area contributed by atoms with E-state index in [2.05, 4.69) is 20.4 Å². The standard InChI is InChI=1S/C29H32FN7O5/c1-15-27-25(35-29(31)32-15)12-24(21-9-8-18(30)10-22(21)23-6-5-7-26(33-23)40-4)34-28(27)36-41-14-19-11-20(42-17(3)39)13-37(19)16(2)38/h5-10,19-20,24H,11-14H2,1-4H3,(H,34,36)(H2,31,32,35)/t19-,20+,24+/m0/s1. The number of rotatable bonds is 7. The molecule has 2 aliphatic heterocycles. The highest BCUT2D eigenvalue weighted by Gasteiger charge is 2.36. The Morgan fingerprint density at radius 1 is 1.17 bits per heavy atom. The summed E-state index contributed by atoms with van der Waals surface area (Å²) in [4.78, 5) is 49.4. The first-order chi connectivity index (χ1) is 20.1. The van der Waals surface area contributed by atoms with E-state index in [1.54, 1.807) is 36.1 Å². The minimum absolute atomic E-state index is 0.112. The SMILES string of the molecule is COc1cccc(-c2cc(F)ccc2[C@H]2Cc3nc(N)nc(C)c3C(NOC[C@@H]3C[C@@H](OC(C)=O)CN3C(C)=O)=N2)n1. The van der Waals surface area contributed by atoms with Gasteiger partial charge in [0.2, 0.25) is 17.7 Å². The van der Waals surface area contributed by atoms with Crippen molar-refractivity contribution >= 4 is 23.7 Å². The number of methoxy groups -OCH3 is 1. The number of pyridine rings is 1. The number of fused-ring (bicyclic) bond motifs is 1. The average molecular weight is 578 g/mol. The zero-order chi connectivity index (χ0) is 30.0. The number of halogens is 1. The van der Waals surface area contributed by atoms with Crippen molar-refractivity contribution in [3.8, 4) is 17.1 Å². The Labute approximate surface area is 242 Å². The number of nitrogens with two attached hydrogens (primary N) is 1. The van der Waals surface area contributed by atoms with E-state index in [1.165, 1.54) is 33.1 Å². The van der Waals surface area contributed by atoms with Crippen LogP contribution in [0.2, 0.25) is 0 Å². The predicted molar refractivity (Wildman–Crippen MR) is 151 cm³/mol. The van der Waals surface area contributed by atoms with Crippen LogP contribution >= 0.6 is 0 Å². The van der Waals surface area contributed by atoms with Crippen LogP contribution in [0.1, 0.15) is 48.8 Å². The van der Waals surface area contributed by atoms with Crippen LogP contribution in [0.5, 0.6) is 5.88 Å². The van der Waals surface area contributed by atoms with E-state index < -0.39 is 23.9 Å². The molecule has 1 aromatic carbocycles. The summed E-state index contributed by atoms with van der Waals surface area (Å²) in [6.07, 6.45) is 0.414. The fraction of sp³-hybridized carbons (Fsp3) is 0.379. The van der Waals surface area contributed by atoms with Gasteiger partial charge in [0, 0.05) is 38.3 Å². The zero-order valence-corrected chi connectivity index (χ0v) is 23.8. The van der Waals surface area contributed by atoms with E-state index in [9.17, 15) is 14.0 Å². The summed E-state index contributed by atoms with van der Waals surface area (Å²) < 4.78 is 25.1. The molecule has 12 nitrogen and oxygen atoms in total. The number of nitrogens with one attached hydrogen (secondary N) is 1. The fourth-order valence-electron chi connectivity index (χ4n) is 5.48. The Kier molecular flexibility index (Phi) is 8.29. The maximum absolute atomic E-state index is 14.5. The summed E-state index contributed by atoms with van der Waals surface area (Å²) >= 11 is 0. The fourth-order valence-corrected chi connectivity index (χ4v) is 5.48. The van der Waals surface area contributed by atoms with Crippen molar-refractivity contribution in [1.82, 2.24) is 25.3 Å². The first kappa shape index (κ1) is 28.9. The van der Waals surface area contributed by atoms with Gasteiger partial charge in [0.25, 0.3) is 0 Å². The molecule has 1 amide bonds. The maximum Gasteiger partial charge on any atom is 0.302 e. The minimum atomic E-state index is -0.491. The highest BCUT2D eigenvalue weighted by Crippen LogP contribution is 2.36. The lowest BCUT2D eigenvalue weighted by Gasteiger charge is -2.27. The molecular weight excluding hydrogens is 545 g/mol. The number of amidine groups is 1. The normalized spacial score (nSPS) is 19.6. The number of aliphatic imine (C=N–C) groups is 1. The molecule has 2 aliphatic rings. The Bertz CT molecular complexity index is 1550. The van der Waals surface area contributed by atoms with Crippen molar-refractivity contribution in [3.63, 3.8) is 0 Å². The van der Waals surface area contributed by atoms with Crippen LogP contribution in [-0.2, 0) is 25.6 Å². The van der Waals surface area contributed by atoms with Crippen LogP contribution in [0.4, 0.5) is 10.3 Å². The Hall–Kier alpha value is -4.65. The molecule has 0 bridgehead atoms. The van der Waals surface area contributed by atoms with Crippen molar-refractivity contribution in [2.45, 2.75) is 51.8 Å². The van der Waals surface area contributed by atoms with Gasteiger partial charge in [0.05, 0.1) is 55.0 Å². The van der Waals surface area contributed by atoms with Gasteiger partial charge in [-0.25, -0.2) is 24.8 Å². The van der Waals surface area contributed by atoms with Crippen LogP contribution in [0.25, 0.3) is 11.3 Å². The molecule has 5 rings (SSSR count). The van der Waals surface area contributed by atoms with E-state index in [0.29, 0.717) is 59.3 Å². The van der Waals surface area contributed by atoms with Crippen LogP contribution in [-0.4, -0.2) is 70.0 Å². The van der Waals surface area contributed by atoms with Gasteiger partial charge in [-0.1, -0.05) is 12.1 Å². The second-order valence-corrected chi connectivity index (χ2v) is 10.2. The van der Waals surface area contributed by atoms with E-state index >= 15 is 0 Å². The third kappa shape index (κ3) is 6.15. The number of nitrogens with zero attached hydrogens (tertiary/aromatic N) is 5. The number of hydrogen-bond donors (Lipinski definition) is 2. The van der Waals surface area contributed by atoms with Crippen LogP contribution in [0.15, 0.2) is 41.4 Å². The van der Waals surface area contributed by atoms with E-state index in [0.717, 1.165) is 5.56 Å². The number of esters is 1. The second kappa shape index (κ2) is 12.1. The number of aromatic nitrogens is 3. The van der Waals surface area contributed by atoms with Crippen molar-refractivity contribution in [2.24, 2.45) is 4.99 Å². The number of anilines is 1. The largest absolute Gasteiger partial charge is 0.481 e. The maximum atomic E-state index is 14.5. The molecule has 3 aromatic rings. The number of hydroxylamine groups is 1. The van der Waals surface area contributed by atoms with Gasteiger partial charge in [-0.3, -0.25) is 19.4 Å². The summed E-state index contributed by atoms with van der Waals surface area (Å²) in [6.45, 7) is 5.02. The minimum Gasteiger partial charge on any atom is -0.481 e. The molecule has 1 saturated heterocycles. The zero-order valence-electron chi connectivity index (χ0n) is 23.8. The molecule has 0 aliphatic carbocycles. The number of aryl methyl sites for hydroxylation is 1. The van der Waals surface area contributed by atoms with Gasteiger partial charge in [-0.15, -0.1) is 0 Å². The van der Waals surface area contributed by atoms with Gasteiger partial charge < -0.3 is 20.1 Å². The van der Waals surface area contributed by atoms with Crippen molar-refractivity contribution in [2.75, 3.05) is 26.0 Å². The van der Waals surface area contributed by atoms with Crippen molar-refractivity contribution in [1.29, 1.82) is 0 Å². The monoisotopic (exact) mass is 577 g/mol. The number of carbonyl (C=O) groups is 2. The number of carbonyl (C=O) groups excluding carboxylic acids is 2. The summed E-state index contributed by atoms with van der Waals surface area (Å²) in [5, 5.41) is 0. The van der Waals surface area contributed by atoms with E-state index in [-0.39, 0.29) is 24.5 Å². The molecule has 0 saturated carbocycles. The molecule has 220 valence electrons. The topological polar surface area (TPSA) is 154 Å². The third-order valence-electron chi connectivity index (χ3n) is 7.23. The molecule has 42 heavy (non-hydrogen) atoms. The van der Waals surface area contributed by atoms with E-state index in [4.69, 9.17) is 25.0 Å². The average Bonchev–Trinajstić information content (AvgIpc) is 3.34. The van der Waals surface area contributed by atoms with Gasteiger partial charge in [0.15, 0.2) is 5.84 Å². The number of hydrogen-bond acceptors (Lipinski definition) is 11. The van der Waals surface area contributed by atoms with Crippen molar-refractivity contribution in [3.05, 3.63) is 64.7 Å². The molecular formula is C29H32FN7O5. The summed E-state index contributed by atoms with van der Waals surface area (Å²) in [7, 11) is 1.52. The Morgan fingerprint density at radius 3 is 2.71 bits per heavy atom. The molecule has 4 heterocycles. The summed E-state index contributed by atoms with van der Waals surface area (Å²) in [5.41, 5.74) is 12.7. The number of likely N-dealkylation sites (tertiary alicyclic amines) is 1. The molecule has 1 fully saturated rings. The number of benzene rings is 1. The smallest absolute Gasteiger partial charge is 0.302 e. The lowest BCUT2D eigenvalue weighted by molar-refractivity contribution is -0.146. The van der Waals surface area contributed by atoms with Crippen LogP contribution in [0, 0.1) is 12.7 Å². The third-order valence-corrected chi connectivity index (χ3v) is 7.23. The Balaban J connectivity index is 1.45.